The van der Waals surface area contributed by atoms with Crippen LogP contribution < -0.4 is 9.47 Å². The molecule has 2 heterocycles. The van der Waals surface area contributed by atoms with Gasteiger partial charge in [-0.1, -0.05) is 64.4 Å². The van der Waals surface area contributed by atoms with Crippen LogP contribution in [-0.2, 0) is 21.4 Å². The lowest BCUT2D eigenvalue weighted by atomic mass is 9.52. The van der Waals surface area contributed by atoms with Crippen molar-refractivity contribution < 1.29 is 19.1 Å². The first kappa shape index (κ1) is 23.8. The minimum absolute atomic E-state index is 0.185. The molecule has 1 aromatic carbocycles. The van der Waals surface area contributed by atoms with Gasteiger partial charge in [0.15, 0.2) is 23.4 Å². The fourth-order valence-corrected chi connectivity index (χ4v) is 7.34. The number of unbranched alkanes of at least 4 members (excludes halogenated alkanes) is 8. The van der Waals surface area contributed by atoms with Crippen LogP contribution in [0.25, 0.3) is 0 Å². The Bertz CT molecular complexity index is 927. The number of benzene rings is 1. The summed E-state index contributed by atoms with van der Waals surface area (Å²) in [7, 11) is 2.22. The predicted octanol–water partition coefficient (Wildman–Crippen LogP) is 5.75. The summed E-state index contributed by atoms with van der Waals surface area (Å²) in [5.41, 5.74) is 2.24. The lowest BCUT2D eigenvalue weighted by Gasteiger charge is -2.57. The van der Waals surface area contributed by atoms with Crippen molar-refractivity contribution in [2.24, 2.45) is 5.92 Å². The molecule has 0 unspecified atom stereocenters. The molecular formula is C29H41NO4. The Morgan fingerprint density at radius 3 is 2.62 bits per heavy atom. The van der Waals surface area contributed by atoms with Crippen LogP contribution in [0.15, 0.2) is 12.1 Å². The molecule has 4 atom stereocenters. The van der Waals surface area contributed by atoms with Crippen molar-refractivity contribution in [3.05, 3.63) is 23.3 Å². The molecule has 1 spiro atoms. The average Bonchev–Trinajstić information content (AvgIpc) is 3.18. The third kappa shape index (κ3) is 4.08. The van der Waals surface area contributed by atoms with E-state index >= 15 is 0 Å². The van der Waals surface area contributed by atoms with Gasteiger partial charge < -0.3 is 14.4 Å². The number of Topliss-reactive ketones (excluding diaryl/α,β-unsaturated/α-hetero) is 1. The van der Waals surface area contributed by atoms with E-state index < -0.39 is 6.10 Å². The molecule has 2 aliphatic carbocycles. The van der Waals surface area contributed by atoms with E-state index in [1.807, 2.05) is 6.07 Å². The van der Waals surface area contributed by atoms with Crippen LogP contribution >= 0.6 is 0 Å². The van der Waals surface area contributed by atoms with Gasteiger partial charge in [0.25, 0.3) is 0 Å². The van der Waals surface area contributed by atoms with Crippen LogP contribution in [0.5, 0.6) is 11.5 Å². The van der Waals surface area contributed by atoms with Gasteiger partial charge in [-0.3, -0.25) is 9.59 Å². The van der Waals surface area contributed by atoms with Gasteiger partial charge >= 0.3 is 5.97 Å². The molecule has 1 aromatic rings. The Kier molecular flexibility index (Phi) is 7.02. The standard InChI is InChI=1S/C29H41NO4/c1-3-4-5-6-7-8-9-10-11-12-25(32)33-24-16-13-20-19-22-21-14-15-23(31)28-29(21,17-18-30(22)2)26(20)27(24)34-28/h13,16,21-22,28H,3-12,14-15,17-19H2,1-2H3/t21-,22+,28-,29-/m0/s1. The van der Waals surface area contributed by atoms with Crippen molar-refractivity contribution in [2.75, 3.05) is 13.6 Å². The summed E-state index contributed by atoms with van der Waals surface area (Å²) in [6.45, 7) is 3.23. The van der Waals surface area contributed by atoms with Gasteiger partial charge in [-0.2, -0.15) is 0 Å². The van der Waals surface area contributed by atoms with Gasteiger partial charge in [0.05, 0.1) is 0 Å². The summed E-state index contributed by atoms with van der Waals surface area (Å²) in [6, 6.07) is 4.48. The molecule has 5 nitrogen and oxygen atoms in total. The van der Waals surface area contributed by atoms with E-state index in [0.717, 1.165) is 38.6 Å². The highest BCUT2D eigenvalue weighted by Crippen LogP contribution is 2.63. The summed E-state index contributed by atoms with van der Waals surface area (Å²) >= 11 is 0. The molecule has 0 aromatic heterocycles. The number of hydrogen-bond donors (Lipinski definition) is 0. The van der Waals surface area contributed by atoms with Crippen LogP contribution in [-0.4, -0.2) is 42.4 Å². The highest BCUT2D eigenvalue weighted by Gasteiger charge is 2.65. The maximum absolute atomic E-state index is 13.0. The molecule has 5 heteroatoms. The molecular weight excluding hydrogens is 426 g/mol. The molecule has 2 aliphatic heterocycles. The molecule has 34 heavy (non-hydrogen) atoms. The summed E-state index contributed by atoms with van der Waals surface area (Å²) in [5, 5.41) is 0. The van der Waals surface area contributed by atoms with Crippen LogP contribution in [0.4, 0.5) is 0 Å². The second kappa shape index (κ2) is 10.0. The molecule has 5 rings (SSSR count). The number of carbonyl (C=O) groups excluding carboxylic acids is 2. The van der Waals surface area contributed by atoms with Crippen LogP contribution in [0.2, 0.25) is 0 Å². The molecule has 0 N–H and O–H groups in total. The summed E-state index contributed by atoms with van der Waals surface area (Å²) < 4.78 is 12.3. The monoisotopic (exact) mass is 467 g/mol. The Hall–Kier alpha value is -1.88. The molecule has 4 aliphatic rings. The summed E-state index contributed by atoms with van der Waals surface area (Å²) in [4.78, 5) is 28.1. The molecule has 2 fully saturated rings. The molecule has 0 amide bonds. The number of likely N-dealkylation sites (tertiary alicyclic amines) is 1. The zero-order valence-electron chi connectivity index (χ0n) is 21.1. The Morgan fingerprint density at radius 2 is 1.85 bits per heavy atom. The third-order valence-electron chi connectivity index (χ3n) is 9.08. The maximum atomic E-state index is 13.0. The smallest absolute Gasteiger partial charge is 0.311 e. The summed E-state index contributed by atoms with van der Waals surface area (Å²) in [5.74, 6) is 1.68. The van der Waals surface area contributed by atoms with E-state index in [-0.39, 0.29) is 17.2 Å². The fraction of sp³-hybridized carbons (Fsp3) is 0.724. The van der Waals surface area contributed by atoms with E-state index in [2.05, 4.69) is 24.9 Å². The molecule has 186 valence electrons. The first-order valence-electron chi connectivity index (χ1n) is 13.8. The second-order valence-electron chi connectivity index (χ2n) is 11.1. The average molecular weight is 468 g/mol. The van der Waals surface area contributed by atoms with Gasteiger partial charge in [-0.25, -0.2) is 0 Å². The van der Waals surface area contributed by atoms with Crippen molar-refractivity contribution in [1.82, 2.24) is 4.90 Å². The number of nitrogens with zero attached hydrogens (tertiary/aromatic N) is 1. The van der Waals surface area contributed by atoms with Gasteiger partial charge in [-0.05, 0) is 56.8 Å². The van der Waals surface area contributed by atoms with E-state index in [4.69, 9.17) is 9.47 Å². The zero-order valence-corrected chi connectivity index (χ0v) is 21.1. The van der Waals surface area contributed by atoms with Crippen LogP contribution in [0.1, 0.15) is 102 Å². The fourth-order valence-electron chi connectivity index (χ4n) is 7.34. The zero-order chi connectivity index (χ0) is 23.7. The largest absolute Gasteiger partial charge is 0.477 e. The van der Waals surface area contributed by atoms with Gasteiger partial charge in [0, 0.05) is 29.9 Å². The van der Waals surface area contributed by atoms with Crippen molar-refractivity contribution in [1.29, 1.82) is 0 Å². The molecule has 0 radical (unpaired) electrons. The SMILES string of the molecule is CCCCCCCCCCCC(=O)Oc1ccc2c3c1O[C@H]1C(=O)CC[C@H]4[C@@H](C2)N(C)CC[C@]314. The lowest BCUT2D eigenvalue weighted by molar-refractivity contribution is -0.138. The predicted molar refractivity (Wildman–Crippen MR) is 132 cm³/mol. The number of carbonyl (C=O) groups is 2. The first-order valence-corrected chi connectivity index (χ1v) is 13.8. The highest BCUT2D eigenvalue weighted by atomic mass is 16.6. The number of piperidine rings is 1. The molecule has 2 bridgehead atoms. The number of rotatable bonds is 11. The second-order valence-corrected chi connectivity index (χ2v) is 11.1. The van der Waals surface area contributed by atoms with Crippen molar-refractivity contribution in [3.8, 4) is 11.5 Å². The van der Waals surface area contributed by atoms with Gasteiger partial charge in [0.1, 0.15) is 0 Å². The number of ketones is 1. The highest BCUT2D eigenvalue weighted by molar-refractivity contribution is 5.89. The van der Waals surface area contributed by atoms with Crippen molar-refractivity contribution >= 4 is 11.8 Å². The Balaban J connectivity index is 1.23. The van der Waals surface area contributed by atoms with E-state index in [1.165, 1.54) is 56.1 Å². The number of hydrogen-bond acceptors (Lipinski definition) is 5. The number of likely N-dealkylation sites (N-methyl/N-ethyl adjacent to an activating group) is 1. The third-order valence-corrected chi connectivity index (χ3v) is 9.08. The maximum Gasteiger partial charge on any atom is 0.311 e. The molecule has 1 saturated carbocycles. The summed E-state index contributed by atoms with van der Waals surface area (Å²) in [6.07, 6.45) is 14.5. The van der Waals surface area contributed by atoms with Crippen molar-refractivity contribution in [2.45, 2.75) is 114 Å². The van der Waals surface area contributed by atoms with E-state index in [0.29, 0.717) is 36.3 Å². The lowest BCUT2D eigenvalue weighted by Crippen LogP contribution is -2.65. The topological polar surface area (TPSA) is 55.8 Å². The Morgan fingerprint density at radius 1 is 1.12 bits per heavy atom. The quantitative estimate of drug-likeness (QED) is 0.236. The minimum atomic E-state index is -0.409. The number of esters is 1. The van der Waals surface area contributed by atoms with Gasteiger partial charge in [-0.15, -0.1) is 0 Å². The normalized spacial score (nSPS) is 29.0. The van der Waals surface area contributed by atoms with Crippen LogP contribution in [0, 0.1) is 5.92 Å². The van der Waals surface area contributed by atoms with Crippen LogP contribution in [0.3, 0.4) is 0 Å². The number of ether oxygens (including phenoxy) is 2. The first-order chi connectivity index (χ1) is 16.6. The van der Waals surface area contributed by atoms with Crippen molar-refractivity contribution in [3.63, 3.8) is 0 Å². The van der Waals surface area contributed by atoms with E-state index in [1.54, 1.807) is 0 Å². The Labute approximate surface area is 204 Å². The van der Waals surface area contributed by atoms with E-state index in [9.17, 15) is 9.59 Å². The minimum Gasteiger partial charge on any atom is -0.477 e. The molecule has 1 saturated heterocycles. The van der Waals surface area contributed by atoms with Gasteiger partial charge in [0.2, 0.25) is 0 Å².